The molecule has 0 N–H and O–H groups in total. The second kappa shape index (κ2) is 20.0. The van der Waals surface area contributed by atoms with Crippen LogP contribution in [0, 0.1) is 0 Å². The average Bonchev–Trinajstić information content (AvgIpc) is 3.43. The molecule has 3 heteroatoms. The third-order valence-electron chi connectivity index (χ3n) is 5.13. The molecule has 0 aromatic heterocycles. The zero-order valence-electron chi connectivity index (χ0n) is 19.4. The van der Waals surface area contributed by atoms with Crippen LogP contribution in [0.15, 0.2) is 48.5 Å². The van der Waals surface area contributed by atoms with Crippen molar-refractivity contribution in [3.63, 3.8) is 0 Å². The molecule has 0 saturated carbocycles. The van der Waals surface area contributed by atoms with E-state index in [1.807, 2.05) is 30.3 Å². The van der Waals surface area contributed by atoms with Crippen molar-refractivity contribution in [1.29, 1.82) is 0 Å². The fourth-order valence-electron chi connectivity index (χ4n) is 3.36. The van der Waals surface area contributed by atoms with E-state index in [4.69, 9.17) is 0 Å². The Labute approximate surface area is 195 Å². The molecule has 0 amide bonds. The van der Waals surface area contributed by atoms with Gasteiger partial charge in [-0.1, -0.05) is 66.2 Å². The summed E-state index contributed by atoms with van der Waals surface area (Å²) in [7, 11) is 0.205. The molecule has 0 fully saturated rings. The molecule has 0 saturated heterocycles. The van der Waals surface area contributed by atoms with Crippen molar-refractivity contribution >= 4 is 26.5 Å². The van der Waals surface area contributed by atoms with Crippen molar-refractivity contribution in [3.8, 4) is 0 Å². The Morgan fingerprint density at radius 2 is 1.10 bits per heavy atom. The van der Waals surface area contributed by atoms with Crippen LogP contribution in [0.2, 0.25) is 0 Å². The second-order valence-corrected chi connectivity index (χ2v) is 12.6. The Balaban J connectivity index is 0.00000113. The van der Waals surface area contributed by atoms with Crippen molar-refractivity contribution in [2.45, 2.75) is 79.1 Å². The first kappa shape index (κ1) is 29.1. The van der Waals surface area contributed by atoms with Crippen molar-refractivity contribution in [1.82, 2.24) is 0 Å². The predicted molar refractivity (Wildman–Crippen MR) is 136 cm³/mol. The van der Waals surface area contributed by atoms with Gasteiger partial charge in [0.05, 0.1) is 0 Å². The minimum Gasteiger partial charge on any atom is -0.748 e. The molecule has 2 aromatic rings. The summed E-state index contributed by atoms with van der Waals surface area (Å²) < 4.78 is 0. The first-order chi connectivity index (χ1) is 13.8. The van der Waals surface area contributed by atoms with Gasteiger partial charge in [-0.05, 0) is 37.5 Å². The topological polar surface area (TPSA) is 0 Å². The maximum atomic E-state index is 2.50. The fraction of sp³-hybridized carbons (Fsp3) is 0.615. The van der Waals surface area contributed by atoms with Crippen LogP contribution >= 0.6 is 15.8 Å². The van der Waals surface area contributed by atoms with E-state index >= 15 is 0 Å². The van der Waals surface area contributed by atoms with E-state index in [-0.39, 0.29) is 32.9 Å². The summed E-state index contributed by atoms with van der Waals surface area (Å²) in [5.41, 5.74) is 0. The van der Waals surface area contributed by atoms with Crippen molar-refractivity contribution < 1.29 is 17.1 Å². The smallest absolute Gasteiger partial charge is 0 e. The summed E-state index contributed by atoms with van der Waals surface area (Å²) in [6.07, 6.45) is 16.9. The monoisotopic (exact) mass is 474 g/mol. The SMILES string of the molecule is CCCCP(CCCC)c1ccc[c-]1P(CCCC)CCCC.[Fe].[cH-]1[cH-][cH-][cH-][cH-]1. The van der Waals surface area contributed by atoms with E-state index in [9.17, 15) is 0 Å². The summed E-state index contributed by atoms with van der Waals surface area (Å²) in [4.78, 5) is 0. The van der Waals surface area contributed by atoms with Crippen molar-refractivity contribution in [2.24, 2.45) is 0 Å². The van der Waals surface area contributed by atoms with Crippen LogP contribution in [0.1, 0.15) is 79.1 Å². The maximum absolute atomic E-state index is 2.50. The van der Waals surface area contributed by atoms with Crippen LogP contribution in [-0.4, -0.2) is 24.6 Å². The number of rotatable bonds is 14. The van der Waals surface area contributed by atoms with Gasteiger partial charge in [0.2, 0.25) is 0 Å². The molecule has 2 rings (SSSR count). The largest absolute Gasteiger partial charge is 0.748 e. The summed E-state index contributed by atoms with van der Waals surface area (Å²) in [5.74, 6) is 0. The molecule has 29 heavy (non-hydrogen) atoms. The molecule has 0 aliphatic heterocycles. The second-order valence-electron chi connectivity index (χ2n) is 7.65. The molecule has 0 radical (unpaired) electrons. The number of unbranched alkanes of at least 4 members (excludes halogenated alkanes) is 4. The van der Waals surface area contributed by atoms with Gasteiger partial charge >= 0.3 is 0 Å². The molecule has 2 aromatic carbocycles. The number of hydrogen-bond acceptors (Lipinski definition) is 0. The van der Waals surface area contributed by atoms with Gasteiger partial charge in [-0.15, -0.1) is 26.5 Å². The molecule has 0 heterocycles. The molecule has 0 nitrogen and oxygen atoms in total. The van der Waals surface area contributed by atoms with Crippen LogP contribution in [0.25, 0.3) is 0 Å². The van der Waals surface area contributed by atoms with Crippen molar-refractivity contribution in [2.75, 3.05) is 24.6 Å². The van der Waals surface area contributed by atoms with Gasteiger partial charge in [0.25, 0.3) is 0 Å². The molecule has 0 aliphatic carbocycles. The van der Waals surface area contributed by atoms with E-state index in [2.05, 4.69) is 45.9 Å². The summed E-state index contributed by atoms with van der Waals surface area (Å²) in [5, 5.41) is 3.61. The quantitative estimate of drug-likeness (QED) is 0.147. The zero-order chi connectivity index (χ0) is 20.5. The summed E-state index contributed by atoms with van der Waals surface area (Å²) in [6, 6.07) is 17.4. The van der Waals surface area contributed by atoms with Crippen LogP contribution in [0.3, 0.4) is 0 Å². The Hall–Kier alpha value is 0.0795. The van der Waals surface area contributed by atoms with Crippen LogP contribution < -0.4 is 10.6 Å². The molecule has 0 unspecified atom stereocenters. The molecular formula is C26H44FeP2-6. The van der Waals surface area contributed by atoms with Crippen LogP contribution in [0.4, 0.5) is 0 Å². The minimum atomic E-state index is 0. The average molecular weight is 474 g/mol. The molecular weight excluding hydrogens is 430 g/mol. The Kier molecular flexibility index (Phi) is 20.1. The maximum Gasteiger partial charge on any atom is 0 e. The Morgan fingerprint density at radius 1 is 0.690 bits per heavy atom. The van der Waals surface area contributed by atoms with E-state index in [1.54, 1.807) is 10.6 Å². The van der Waals surface area contributed by atoms with Gasteiger partial charge in [-0.25, -0.2) is 12.1 Å². The molecule has 0 bridgehead atoms. The first-order valence-corrected chi connectivity index (χ1v) is 15.1. The minimum absolute atomic E-state index is 0. The van der Waals surface area contributed by atoms with Crippen molar-refractivity contribution in [3.05, 3.63) is 48.5 Å². The predicted octanol–water partition coefficient (Wildman–Crippen LogP) is 8.22. The third kappa shape index (κ3) is 12.5. The van der Waals surface area contributed by atoms with E-state index in [1.165, 1.54) is 76.0 Å². The van der Waals surface area contributed by atoms with Gasteiger partial charge in [-0.2, -0.15) is 6.07 Å². The Bertz CT molecular complexity index is 479. The molecule has 0 aliphatic rings. The molecule has 172 valence electrons. The molecule has 0 atom stereocenters. The van der Waals surface area contributed by atoms with Crippen LogP contribution in [0.5, 0.6) is 0 Å². The van der Waals surface area contributed by atoms with Gasteiger partial charge in [0.1, 0.15) is 0 Å². The Morgan fingerprint density at radius 3 is 1.52 bits per heavy atom. The van der Waals surface area contributed by atoms with E-state index in [0.29, 0.717) is 0 Å². The van der Waals surface area contributed by atoms with E-state index < -0.39 is 0 Å². The normalized spacial score (nSPS) is 10.7. The molecule has 0 spiro atoms. The summed E-state index contributed by atoms with van der Waals surface area (Å²) >= 11 is 0. The number of hydrogen-bond donors (Lipinski definition) is 0. The first-order valence-electron chi connectivity index (χ1n) is 11.7. The summed E-state index contributed by atoms with van der Waals surface area (Å²) in [6.45, 7) is 9.37. The van der Waals surface area contributed by atoms with Gasteiger partial charge in [-0.3, -0.25) is 0 Å². The van der Waals surface area contributed by atoms with Gasteiger partial charge < -0.3 is 30.3 Å². The van der Waals surface area contributed by atoms with Crippen LogP contribution in [-0.2, 0) is 17.1 Å². The van der Waals surface area contributed by atoms with Gasteiger partial charge in [0, 0.05) is 17.1 Å². The fourth-order valence-corrected chi connectivity index (χ4v) is 9.80. The van der Waals surface area contributed by atoms with Gasteiger partial charge in [0.15, 0.2) is 0 Å². The standard InChI is InChI=1S/C21H39P2.C5H5.Fe/c1-5-9-16-22(17-10-6-2)20-14-13-15-21(20)23(18-11-7-3)19-12-8-4;1-2-4-5-3-1;/h13-15H,5-12,16-19H2,1-4H3;1-5H;/q-1;-5;. The third-order valence-corrected chi connectivity index (χ3v) is 10.9. The zero-order valence-corrected chi connectivity index (χ0v) is 22.2. The van der Waals surface area contributed by atoms with E-state index in [0.717, 1.165) is 0 Å².